The van der Waals surface area contributed by atoms with Gasteiger partial charge in [-0.25, -0.2) is 4.98 Å². The van der Waals surface area contributed by atoms with E-state index in [1.54, 1.807) is 13.1 Å². The highest BCUT2D eigenvalue weighted by atomic mass is 16.6. The molecule has 0 unspecified atom stereocenters. The van der Waals surface area contributed by atoms with Crippen LogP contribution < -0.4 is 0 Å². The predicted octanol–water partition coefficient (Wildman–Crippen LogP) is 1.42. The minimum atomic E-state index is -0.572. The summed E-state index contributed by atoms with van der Waals surface area (Å²) in [5, 5.41) is 11.3. The highest BCUT2D eigenvalue weighted by Crippen LogP contribution is 2.24. The van der Waals surface area contributed by atoms with E-state index in [4.69, 9.17) is 4.74 Å². The van der Waals surface area contributed by atoms with E-state index in [0.29, 0.717) is 5.69 Å². The summed E-state index contributed by atoms with van der Waals surface area (Å²) in [6.07, 6.45) is 4.49. The van der Waals surface area contributed by atoms with Crippen molar-refractivity contribution in [2.75, 3.05) is 20.2 Å². The van der Waals surface area contributed by atoms with Gasteiger partial charge in [-0.1, -0.05) is 0 Å². The van der Waals surface area contributed by atoms with E-state index in [-0.39, 0.29) is 24.4 Å². The highest BCUT2D eigenvalue weighted by Gasteiger charge is 2.21. The van der Waals surface area contributed by atoms with Gasteiger partial charge in [0.1, 0.15) is 12.2 Å². The van der Waals surface area contributed by atoms with Crippen molar-refractivity contribution in [2.24, 2.45) is 0 Å². The molecule has 0 aliphatic rings. The first-order valence-electron chi connectivity index (χ1n) is 7.12. The monoisotopic (exact) mass is 332 g/mol. The van der Waals surface area contributed by atoms with Crippen LogP contribution in [0.4, 0.5) is 5.69 Å². The van der Waals surface area contributed by atoms with E-state index in [1.807, 2.05) is 0 Å². The fourth-order valence-electron chi connectivity index (χ4n) is 2.12. The Morgan fingerprint density at radius 1 is 1.42 bits per heavy atom. The molecule has 0 atom stereocenters. The summed E-state index contributed by atoms with van der Waals surface area (Å²) in [6, 6.07) is 4.11. The summed E-state index contributed by atoms with van der Waals surface area (Å²) >= 11 is 0. The number of benzene rings is 1. The van der Waals surface area contributed by atoms with Crippen LogP contribution in [0.3, 0.4) is 0 Å². The molecule has 0 spiro atoms. The number of hydrogen-bond donors (Lipinski definition) is 0. The van der Waals surface area contributed by atoms with Gasteiger partial charge in [-0.3, -0.25) is 19.7 Å². The maximum absolute atomic E-state index is 12.3. The lowest BCUT2D eigenvalue weighted by Crippen LogP contribution is -2.33. The fraction of sp³-hybridized carbons (Fsp3) is 0.267. The number of carbonyl (C=O) groups is 2. The molecule has 1 amide bonds. The van der Waals surface area contributed by atoms with Crippen molar-refractivity contribution in [3.63, 3.8) is 0 Å². The third kappa shape index (κ3) is 3.75. The van der Waals surface area contributed by atoms with Gasteiger partial charge in [-0.2, -0.15) is 0 Å². The van der Waals surface area contributed by atoms with Gasteiger partial charge in [0.25, 0.3) is 11.6 Å². The smallest absolute Gasteiger partial charge is 0.325 e. The first-order valence-corrected chi connectivity index (χ1v) is 7.12. The Morgan fingerprint density at radius 3 is 2.75 bits per heavy atom. The summed E-state index contributed by atoms with van der Waals surface area (Å²) < 4.78 is 6.26. The summed E-state index contributed by atoms with van der Waals surface area (Å²) in [4.78, 5) is 39.5. The number of nitro benzene ring substituents is 1. The van der Waals surface area contributed by atoms with Gasteiger partial charge in [0.2, 0.25) is 0 Å². The van der Waals surface area contributed by atoms with Crippen molar-refractivity contribution < 1.29 is 19.2 Å². The van der Waals surface area contributed by atoms with Crippen molar-refractivity contribution >= 4 is 17.6 Å². The molecular weight excluding hydrogens is 316 g/mol. The second kappa shape index (κ2) is 7.36. The van der Waals surface area contributed by atoms with Crippen molar-refractivity contribution in [3.05, 3.63) is 52.6 Å². The summed E-state index contributed by atoms with van der Waals surface area (Å²) in [6.45, 7) is 1.65. The lowest BCUT2D eigenvalue weighted by Gasteiger charge is -2.16. The fourth-order valence-corrected chi connectivity index (χ4v) is 2.12. The number of imidazole rings is 1. The molecule has 0 fully saturated rings. The lowest BCUT2D eigenvalue weighted by atomic mass is 10.1. The second-order valence-corrected chi connectivity index (χ2v) is 4.90. The highest BCUT2D eigenvalue weighted by molar-refractivity contribution is 5.96. The van der Waals surface area contributed by atoms with Gasteiger partial charge in [0.05, 0.1) is 17.9 Å². The summed E-state index contributed by atoms with van der Waals surface area (Å²) in [5.74, 6) is -1.05. The number of ether oxygens (including phenoxy) is 1. The topological polar surface area (TPSA) is 108 Å². The SMILES string of the molecule is CCOC(=O)CN(C)C(=O)c1ccc(-n2ccnc2)c([N+](=O)[O-])c1. The van der Waals surface area contributed by atoms with Gasteiger partial charge in [0, 0.05) is 31.1 Å². The molecule has 2 aromatic rings. The first kappa shape index (κ1) is 17.1. The van der Waals surface area contributed by atoms with Crippen LogP contribution in [0, 0.1) is 10.1 Å². The Labute approximate surface area is 137 Å². The van der Waals surface area contributed by atoms with Crippen LogP contribution >= 0.6 is 0 Å². The van der Waals surface area contributed by atoms with Crippen LogP contribution in [0.1, 0.15) is 17.3 Å². The Bertz CT molecular complexity index is 757. The second-order valence-electron chi connectivity index (χ2n) is 4.90. The van der Waals surface area contributed by atoms with Gasteiger partial charge in [0.15, 0.2) is 0 Å². The van der Waals surface area contributed by atoms with Gasteiger partial charge >= 0.3 is 5.97 Å². The van der Waals surface area contributed by atoms with Crippen LogP contribution in [-0.4, -0.2) is 51.5 Å². The molecule has 24 heavy (non-hydrogen) atoms. The zero-order valence-electron chi connectivity index (χ0n) is 13.2. The zero-order chi connectivity index (χ0) is 17.7. The molecule has 1 aromatic heterocycles. The summed E-state index contributed by atoms with van der Waals surface area (Å²) in [7, 11) is 1.43. The van der Waals surface area contributed by atoms with Crippen LogP contribution in [0.25, 0.3) is 5.69 Å². The molecule has 126 valence electrons. The van der Waals surface area contributed by atoms with Crippen LogP contribution in [0.15, 0.2) is 36.9 Å². The van der Waals surface area contributed by atoms with E-state index in [0.717, 1.165) is 4.90 Å². The minimum Gasteiger partial charge on any atom is -0.465 e. The lowest BCUT2D eigenvalue weighted by molar-refractivity contribution is -0.384. The molecule has 1 heterocycles. The van der Waals surface area contributed by atoms with Crippen molar-refractivity contribution in [1.82, 2.24) is 14.5 Å². The number of carbonyl (C=O) groups excluding carboxylic acids is 2. The molecule has 0 aliphatic heterocycles. The van der Waals surface area contributed by atoms with Crippen molar-refractivity contribution in [2.45, 2.75) is 6.92 Å². The number of nitro groups is 1. The molecule has 0 aliphatic carbocycles. The number of rotatable bonds is 6. The Hall–Kier alpha value is -3.23. The van der Waals surface area contributed by atoms with E-state index in [2.05, 4.69) is 4.98 Å². The van der Waals surface area contributed by atoms with E-state index < -0.39 is 16.8 Å². The predicted molar refractivity (Wildman–Crippen MR) is 83.8 cm³/mol. The molecule has 9 nitrogen and oxygen atoms in total. The maximum Gasteiger partial charge on any atom is 0.325 e. The molecule has 0 bridgehead atoms. The van der Waals surface area contributed by atoms with E-state index in [9.17, 15) is 19.7 Å². The number of likely N-dealkylation sites (N-methyl/N-ethyl adjacent to an activating group) is 1. The summed E-state index contributed by atoms with van der Waals surface area (Å²) in [5.41, 5.74) is 0.169. The third-order valence-electron chi connectivity index (χ3n) is 3.22. The number of amides is 1. The maximum atomic E-state index is 12.3. The minimum absolute atomic E-state index is 0.109. The van der Waals surface area contributed by atoms with Crippen molar-refractivity contribution in [1.29, 1.82) is 0 Å². The van der Waals surface area contributed by atoms with E-state index in [1.165, 1.54) is 42.3 Å². The molecular formula is C15H16N4O5. The Balaban J connectivity index is 2.28. The van der Waals surface area contributed by atoms with Crippen LogP contribution in [-0.2, 0) is 9.53 Å². The normalized spacial score (nSPS) is 10.2. The molecule has 1 aromatic carbocycles. The molecule has 0 saturated heterocycles. The molecule has 0 saturated carbocycles. The van der Waals surface area contributed by atoms with E-state index >= 15 is 0 Å². The Kier molecular flexibility index (Phi) is 5.25. The van der Waals surface area contributed by atoms with Gasteiger partial charge in [-0.15, -0.1) is 0 Å². The number of esters is 1. The number of hydrogen-bond acceptors (Lipinski definition) is 6. The third-order valence-corrected chi connectivity index (χ3v) is 3.22. The largest absolute Gasteiger partial charge is 0.465 e. The Morgan fingerprint density at radius 2 is 2.17 bits per heavy atom. The average molecular weight is 332 g/mol. The standard InChI is InChI=1S/C15H16N4O5/c1-3-24-14(20)9-17(2)15(21)11-4-5-12(13(8-11)19(22)23)18-7-6-16-10-18/h4-8,10H,3,9H2,1-2H3. The number of aromatic nitrogens is 2. The quantitative estimate of drug-likeness (QED) is 0.450. The average Bonchev–Trinajstić information content (AvgIpc) is 3.07. The zero-order valence-corrected chi connectivity index (χ0v) is 13.2. The molecule has 0 radical (unpaired) electrons. The van der Waals surface area contributed by atoms with Crippen LogP contribution in [0.2, 0.25) is 0 Å². The number of nitrogens with zero attached hydrogens (tertiary/aromatic N) is 4. The van der Waals surface area contributed by atoms with Gasteiger partial charge < -0.3 is 14.2 Å². The van der Waals surface area contributed by atoms with Crippen LogP contribution in [0.5, 0.6) is 0 Å². The molecule has 9 heteroatoms. The molecule has 0 N–H and O–H groups in total. The first-order chi connectivity index (χ1) is 11.4. The molecule has 2 rings (SSSR count). The van der Waals surface area contributed by atoms with Crippen molar-refractivity contribution in [3.8, 4) is 5.69 Å². The van der Waals surface area contributed by atoms with Gasteiger partial charge in [-0.05, 0) is 19.1 Å².